The van der Waals surface area contributed by atoms with Crippen molar-refractivity contribution in [2.24, 2.45) is 0 Å². The van der Waals surface area contributed by atoms with Gasteiger partial charge in [0.2, 0.25) is 5.91 Å². The van der Waals surface area contributed by atoms with Crippen molar-refractivity contribution in [1.29, 1.82) is 0 Å². The Morgan fingerprint density at radius 2 is 1.67 bits per heavy atom. The van der Waals surface area contributed by atoms with Gasteiger partial charge in [-0.2, -0.15) is 0 Å². The highest BCUT2D eigenvalue weighted by atomic mass is 32.2. The van der Waals surface area contributed by atoms with Crippen LogP contribution in [0.15, 0.2) is 41.6 Å². The van der Waals surface area contributed by atoms with Gasteiger partial charge in [0.1, 0.15) is 23.3 Å². The van der Waals surface area contributed by atoms with Crippen molar-refractivity contribution in [2.75, 3.05) is 86.8 Å². The van der Waals surface area contributed by atoms with Crippen LogP contribution in [-0.4, -0.2) is 132 Å². The number of nitrogens with one attached hydrogen (secondary N) is 1. The van der Waals surface area contributed by atoms with Gasteiger partial charge in [-0.1, -0.05) is 0 Å². The van der Waals surface area contributed by atoms with Crippen molar-refractivity contribution < 1.29 is 23.3 Å². The molecule has 2 aliphatic rings. The summed E-state index contributed by atoms with van der Waals surface area (Å²) < 4.78 is 26.0. The van der Waals surface area contributed by atoms with E-state index in [-0.39, 0.29) is 24.0 Å². The molecule has 236 valence electrons. The molecule has 2 saturated heterocycles. The fraction of sp³-hybridized carbons (Fsp3) is 0.581. The molecule has 0 saturated carbocycles. The fourth-order valence-corrected chi connectivity index (χ4v) is 7.12. The van der Waals surface area contributed by atoms with Crippen LogP contribution in [0, 0.1) is 13.8 Å². The predicted molar refractivity (Wildman–Crippen MR) is 167 cm³/mol. The monoisotopic (exact) mass is 614 g/mol. The molecule has 0 spiro atoms. The average Bonchev–Trinajstić information content (AvgIpc) is 3.02. The van der Waals surface area contributed by atoms with Gasteiger partial charge in [0.15, 0.2) is 0 Å². The molecule has 2 aliphatic heterocycles. The van der Waals surface area contributed by atoms with Crippen LogP contribution in [0.2, 0.25) is 0 Å². The minimum absolute atomic E-state index is 0.0125. The molecule has 1 aromatic carbocycles. The molecule has 3 heterocycles. The lowest BCUT2D eigenvalue weighted by Crippen LogP contribution is -2.64. The summed E-state index contributed by atoms with van der Waals surface area (Å²) in [5, 5.41) is 3.16. The number of aryl methyl sites for hydroxylation is 2. The highest BCUT2D eigenvalue weighted by molar-refractivity contribution is 7.82. The van der Waals surface area contributed by atoms with Crippen LogP contribution < -0.4 is 10.1 Å². The number of rotatable bonds is 12. The first-order valence-electron chi connectivity index (χ1n) is 14.9. The van der Waals surface area contributed by atoms with Crippen LogP contribution in [-0.2, 0) is 20.5 Å². The Morgan fingerprint density at radius 3 is 2.28 bits per heavy atom. The number of carbonyl (C=O) groups is 2. The summed E-state index contributed by atoms with van der Waals surface area (Å²) in [7, 11) is 4.19. The van der Waals surface area contributed by atoms with Crippen LogP contribution >= 0.6 is 0 Å². The standard InChI is InChI=1S/C31H46N6O5S/c1-24-20-27(41-5)21-25(2)29(24)43(40)35(4)18-19-42-22-28(38)36-12-8-31(9-13-36,37-16-14-34(3)15-17-37)23-33-30(39)26-6-10-32-11-7-26/h6-7,10-11,20-21H,8-9,12-19,22-23H2,1-5H3,(H,33,39). The van der Waals surface area contributed by atoms with Crippen LogP contribution in [0.5, 0.6) is 5.75 Å². The average molecular weight is 615 g/mol. The number of nitrogens with zero attached hydrogens (tertiary/aromatic N) is 5. The second-order valence-corrected chi connectivity index (χ2v) is 13.1. The van der Waals surface area contributed by atoms with E-state index < -0.39 is 11.0 Å². The van der Waals surface area contributed by atoms with E-state index in [2.05, 4.69) is 27.1 Å². The van der Waals surface area contributed by atoms with E-state index in [0.717, 1.165) is 60.8 Å². The second-order valence-electron chi connectivity index (χ2n) is 11.6. The number of benzene rings is 1. The molecule has 0 bridgehead atoms. The summed E-state index contributed by atoms with van der Waals surface area (Å²) in [6, 6.07) is 7.20. The topological polar surface area (TPSA) is 108 Å². The number of piperazine rings is 1. The van der Waals surface area contributed by atoms with Gasteiger partial charge in [-0.15, -0.1) is 0 Å². The fourth-order valence-electron chi connectivity index (χ4n) is 5.89. The number of likely N-dealkylation sites (tertiary alicyclic amines) is 1. The van der Waals surface area contributed by atoms with Gasteiger partial charge >= 0.3 is 0 Å². The van der Waals surface area contributed by atoms with E-state index in [1.807, 2.05) is 30.9 Å². The minimum Gasteiger partial charge on any atom is -0.497 e. The molecular weight excluding hydrogens is 568 g/mol. The Kier molecular flexibility index (Phi) is 11.7. The zero-order chi connectivity index (χ0) is 31.0. The Balaban J connectivity index is 1.26. The molecule has 1 N–H and O–H groups in total. The Morgan fingerprint density at radius 1 is 1.05 bits per heavy atom. The number of aromatic nitrogens is 1. The normalized spacial score (nSPS) is 18.4. The Bertz CT molecular complexity index is 1240. The summed E-state index contributed by atoms with van der Waals surface area (Å²) in [6.07, 6.45) is 4.80. The van der Waals surface area contributed by atoms with Crippen molar-refractivity contribution in [3.05, 3.63) is 53.3 Å². The maximum Gasteiger partial charge on any atom is 0.251 e. The van der Waals surface area contributed by atoms with E-state index in [0.29, 0.717) is 38.3 Å². The molecule has 1 unspecified atom stereocenters. The van der Waals surface area contributed by atoms with Gasteiger partial charge in [0, 0.05) is 82.9 Å². The van der Waals surface area contributed by atoms with Gasteiger partial charge in [-0.25, -0.2) is 8.51 Å². The highest BCUT2D eigenvalue weighted by Crippen LogP contribution is 2.30. The molecule has 11 nitrogen and oxygen atoms in total. The van der Waals surface area contributed by atoms with Crippen molar-refractivity contribution in [3.8, 4) is 5.75 Å². The smallest absolute Gasteiger partial charge is 0.251 e. The van der Waals surface area contributed by atoms with Gasteiger partial charge in [-0.3, -0.25) is 19.5 Å². The molecule has 4 rings (SSSR count). The minimum atomic E-state index is -1.35. The molecule has 0 radical (unpaired) electrons. The van der Waals surface area contributed by atoms with Crippen molar-refractivity contribution in [3.63, 3.8) is 0 Å². The molecular formula is C31H46N6O5S. The van der Waals surface area contributed by atoms with Gasteiger partial charge in [-0.05, 0) is 69.1 Å². The number of carbonyl (C=O) groups excluding carboxylic acids is 2. The Labute approximate surface area is 258 Å². The van der Waals surface area contributed by atoms with Gasteiger partial charge < -0.3 is 24.6 Å². The summed E-state index contributed by atoms with van der Waals surface area (Å²) in [6.45, 7) is 10.1. The molecule has 2 aromatic rings. The number of pyridine rings is 1. The van der Waals surface area contributed by atoms with Crippen LogP contribution in [0.4, 0.5) is 0 Å². The number of hydrogen-bond donors (Lipinski definition) is 1. The lowest BCUT2D eigenvalue weighted by atomic mass is 9.84. The summed E-state index contributed by atoms with van der Waals surface area (Å²) in [4.78, 5) is 37.4. The predicted octanol–water partition coefficient (Wildman–Crippen LogP) is 1.72. The van der Waals surface area contributed by atoms with Crippen molar-refractivity contribution >= 4 is 22.8 Å². The lowest BCUT2D eigenvalue weighted by Gasteiger charge is -2.51. The van der Waals surface area contributed by atoms with E-state index in [1.54, 1.807) is 43.0 Å². The van der Waals surface area contributed by atoms with Gasteiger partial charge in [0.25, 0.3) is 5.91 Å². The third kappa shape index (κ3) is 8.39. The van der Waals surface area contributed by atoms with Crippen LogP contribution in [0.3, 0.4) is 0 Å². The molecule has 2 amide bonds. The number of ether oxygens (including phenoxy) is 2. The largest absolute Gasteiger partial charge is 0.497 e. The third-order valence-electron chi connectivity index (χ3n) is 8.64. The summed E-state index contributed by atoms with van der Waals surface area (Å²) >= 11 is 0. The molecule has 0 aliphatic carbocycles. The first kappa shape index (κ1) is 33.0. The maximum atomic E-state index is 13.2. The quantitative estimate of drug-likeness (QED) is 0.361. The number of likely N-dealkylation sites (N-methyl/N-ethyl adjacent to an activating group) is 2. The van der Waals surface area contributed by atoms with Crippen LogP contribution in [0.1, 0.15) is 34.3 Å². The highest BCUT2D eigenvalue weighted by Gasteiger charge is 2.42. The number of piperidine rings is 1. The van der Waals surface area contributed by atoms with E-state index >= 15 is 0 Å². The van der Waals surface area contributed by atoms with E-state index in [9.17, 15) is 13.8 Å². The zero-order valence-electron chi connectivity index (χ0n) is 26.1. The number of methoxy groups -OCH3 is 1. The molecule has 1 atom stereocenters. The summed E-state index contributed by atoms with van der Waals surface area (Å²) in [5.74, 6) is 0.595. The van der Waals surface area contributed by atoms with Crippen molar-refractivity contribution in [1.82, 2.24) is 29.3 Å². The SMILES string of the molecule is COc1cc(C)c(S(=O)N(C)CCOCC(=O)N2CCC(CNC(=O)c3ccncc3)(N3CCN(C)CC3)CC2)c(C)c1. The lowest BCUT2D eigenvalue weighted by molar-refractivity contribution is -0.139. The third-order valence-corrected chi connectivity index (χ3v) is 10.4. The second kappa shape index (κ2) is 15.2. The molecule has 2 fully saturated rings. The summed E-state index contributed by atoms with van der Waals surface area (Å²) in [5.41, 5.74) is 2.21. The maximum absolute atomic E-state index is 13.2. The van der Waals surface area contributed by atoms with Crippen LogP contribution in [0.25, 0.3) is 0 Å². The molecule has 12 heteroatoms. The van der Waals surface area contributed by atoms with E-state index in [1.165, 1.54) is 0 Å². The zero-order valence-corrected chi connectivity index (χ0v) is 27.0. The first-order valence-corrected chi connectivity index (χ1v) is 16.0. The molecule has 1 aromatic heterocycles. The first-order chi connectivity index (χ1) is 20.6. The van der Waals surface area contributed by atoms with Gasteiger partial charge in [0.05, 0.1) is 18.6 Å². The number of hydrogen-bond acceptors (Lipinski definition) is 8. The molecule has 43 heavy (non-hydrogen) atoms. The van der Waals surface area contributed by atoms with E-state index in [4.69, 9.17) is 9.47 Å². The Hall–Kier alpha value is -2.90. The van der Waals surface area contributed by atoms with Crippen molar-refractivity contribution in [2.45, 2.75) is 37.1 Å². The number of amides is 2.